The maximum absolute atomic E-state index is 13.8. The van der Waals surface area contributed by atoms with Crippen LogP contribution in [0.4, 0.5) is 5.69 Å². The third-order valence-corrected chi connectivity index (χ3v) is 7.89. The molecule has 1 saturated heterocycles. The number of para-hydroxylation sites is 1. The smallest absolute Gasteiger partial charge is 0.357 e. The number of amidine groups is 1. The van der Waals surface area contributed by atoms with Gasteiger partial charge in [0.25, 0.3) is 5.91 Å². The number of anilines is 1. The normalized spacial score (nSPS) is 23.9. The molecule has 3 aliphatic rings. The van der Waals surface area contributed by atoms with Gasteiger partial charge < -0.3 is 19.1 Å². The maximum Gasteiger partial charge on any atom is 0.357 e. The molecule has 1 aromatic carbocycles. The van der Waals surface area contributed by atoms with E-state index in [1.165, 1.54) is 37.6 Å². The number of rotatable bonds is 4. The second-order valence-corrected chi connectivity index (χ2v) is 9.53. The van der Waals surface area contributed by atoms with Gasteiger partial charge in [0.1, 0.15) is 11.9 Å². The molecule has 1 aromatic heterocycles. The topological polar surface area (TPSA) is 115 Å². The first-order valence-electron chi connectivity index (χ1n) is 11.1. The van der Waals surface area contributed by atoms with Crippen LogP contribution in [0.5, 0.6) is 0 Å². The highest BCUT2D eigenvalue weighted by Crippen LogP contribution is 2.57. The van der Waals surface area contributed by atoms with Gasteiger partial charge in [0.2, 0.25) is 0 Å². The molecule has 186 valence electrons. The molecule has 0 saturated carbocycles. The molecule has 1 amide bonds. The number of nitrogens with zero attached hydrogens (tertiary/aromatic N) is 3. The lowest BCUT2D eigenvalue weighted by Crippen LogP contribution is -2.55. The molecule has 1 spiro atoms. The Kier molecular flexibility index (Phi) is 5.67. The highest BCUT2D eigenvalue weighted by Gasteiger charge is 2.67. The van der Waals surface area contributed by atoms with Crippen LogP contribution < -0.4 is 4.90 Å². The number of likely N-dealkylation sites (N-methyl/N-ethyl adjacent to an activating group) is 1. The average Bonchev–Trinajstić information content (AvgIpc) is 3.62. The van der Waals surface area contributed by atoms with Gasteiger partial charge in [-0.15, -0.1) is 11.3 Å². The van der Waals surface area contributed by atoms with Gasteiger partial charge in [0.05, 0.1) is 43.2 Å². The summed E-state index contributed by atoms with van der Waals surface area (Å²) in [5.41, 5.74) is 0.168. The van der Waals surface area contributed by atoms with Crippen LogP contribution in [0.15, 0.2) is 58.0 Å². The predicted molar refractivity (Wildman–Crippen MR) is 130 cm³/mol. The van der Waals surface area contributed by atoms with Crippen LogP contribution in [-0.4, -0.2) is 75.0 Å². The molecule has 0 aliphatic carbocycles. The number of fused-ring (bicyclic) bond motifs is 1. The van der Waals surface area contributed by atoms with E-state index < -0.39 is 41.3 Å². The van der Waals surface area contributed by atoms with E-state index in [9.17, 15) is 19.2 Å². The van der Waals surface area contributed by atoms with Gasteiger partial charge in [-0.05, 0) is 29.5 Å². The van der Waals surface area contributed by atoms with E-state index in [0.717, 1.165) is 11.3 Å². The van der Waals surface area contributed by atoms with E-state index in [1.807, 2.05) is 29.2 Å². The third-order valence-electron chi connectivity index (χ3n) is 7.03. The number of benzene rings is 1. The molecule has 2 unspecified atom stereocenters. The second kappa shape index (κ2) is 8.59. The summed E-state index contributed by atoms with van der Waals surface area (Å²) >= 11 is 1.22. The Hall–Kier alpha value is -3.99. The molecule has 36 heavy (non-hydrogen) atoms. The van der Waals surface area contributed by atoms with Gasteiger partial charge in [0, 0.05) is 12.7 Å². The van der Waals surface area contributed by atoms with Crippen molar-refractivity contribution in [3.05, 3.63) is 63.5 Å². The minimum absolute atomic E-state index is 0.000776. The van der Waals surface area contributed by atoms with Gasteiger partial charge >= 0.3 is 17.9 Å². The Labute approximate surface area is 210 Å². The van der Waals surface area contributed by atoms with Crippen LogP contribution in [0.25, 0.3) is 0 Å². The Morgan fingerprint density at radius 3 is 2.36 bits per heavy atom. The first-order chi connectivity index (χ1) is 17.3. The summed E-state index contributed by atoms with van der Waals surface area (Å²) in [6.07, 6.45) is 0.0938. The van der Waals surface area contributed by atoms with Crippen molar-refractivity contribution in [3.63, 3.8) is 0 Å². The zero-order valence-electron chi connectivity index (χ0n) is 20.0. The molecular formula is C25H23N3O7S. The van der Waals surface area contributed by atoms with Crippen molar-refractivity contribution in [2.24, 2.45) is 4.99 Å². The fraction of sp³-hybridized carbons (Fsp3) is 0.320. The molecule has 0 N–H and O–H groups in total. The average molecular weight is 510 g/mol. The minimum atomic E-state index is -1.11. The van der Waals surface area contributed by atoms with E-state index in [2.05, 4.69) is 4.99 Å². The van der Waals surface area contributed by atoms with Crippen LogP contribution in [0.1, 0.15) is 21.7 Å². The number of esters is 3. The van der Waals surface area contributed by atoms with Crippen molar-refractivity contribution in [3.8, 4) is 0 Å². The standard InChI is InChI=1S/C25H23N3O7S/c1-27-14-9-6-5-8-13(14)25-12-15(21(30)33-2)28(20(29)16-10-7-11-36-16)24(25)26-18(23(32)35-4)17(19(25)27)22(31)34-3/h5-11,15,19H,12H2,1-4H3/t15?,19?,25-/m0/s1. The van der Waals surface area contributed by atoms with Crippen LogP contribution in [0.2, 0.25) is 0 Å². The number of ether oxygens (including phenoxy) is 3. The largest absolute Gasteiger partial charge is 0.467 e. The van der Waals surface area contributed by atoms with Gasteiger partial charge in [-0.2, -0.15) is 0 Å². The first-order valence-corrected chi connectivity index (χ1v) is 12.0. The number of hydrogen-bond acceptors (Lipinski definition) is 10. The highest BCUT2D eigenvalue weighted by atomic mass is 32.1. The minimum Gasteiger partial charge on any atom is -0.467 e. The summed E-state index contributed by atoms with van der Waals surface area (Å²) in [6, 6.07) is 9.00. The van der Waals surface area contributed by atoms with Crippen molar-refractivity contribution in [2.45, 2.75) is 23.9 Å². The lowest BCUT2D eigenvalue weighted by Gasteiger charge is -2.39. The third kappa shape index (κ3) is 3.05. The lowest BCUT2D eigenvalue weighted by molar-refractivity contribution is -0.144. The number of carbonyl (C=O) groups is 4. The van der Waals surface area contributed by atoms with E-state index in [1.54, 1.807) is 24.6 Å². The molecule has 5 rings (SSSR count). The quantitative estimate of drug-likeness (QED) is 0.454. The monoisotopic (exact) mass is 509 g/mol. The number of likely N-dealkylation sites (tertiary alicyclic amines) is 1. The number of thiophene rings is 1. The first kappa shape index (κ1) is 23.7. The van der Waals surface area contributed by atoms with E-state index >= 15 is 0 Å². The summed E-state index contributed by atoms with van der Waals surface area (Å²) < 4.78 is 15.1. The van der Waals surface area contributed by atoms with Crippen LogP contribution in [0.3, 0.4) is 0 Å². The van der Waals surface area contributed by atoms with Crippen LogP contribution >= 0.6 is 11.3 Å². The molecule has 3 atom stereocenters. The molecule has 0 bridgehead atoms. The number of aliphatic imine (C=N–C) groups is 1. The zero-order chi connectivity index (χ0) is 25.8. The van der Waals surface area contributed by atoms with E-state index in [-0.39, 0.29) is 23.5 Å². The fourth-order valence-corrected chi connectivity index (χ4v) is 6.29. The summed E-state index contributed by atoms with van der Waals surface area (Å²) in [4.78, 5) is 61.1. The maximum atomic E-state index is 13.8. The highest BCUT2D eigenvalue weighted by molar-refractivity contribution is 7.12. The molecule has 1 fully saturated rings. The van der Waals surface area contributed by atoms with E-state index in [0.29, 0.717) is 4.88 Å². The van der Waals surface area contributed by atoms with Crippen molar-refractivity contribution < 1.29 is 33.4 Å². The Morgan fingerprint density at radius 2 is 1.72 bits per heavy atom. The summed E-state index contributed by atoms with van der Waals surface area (Å²) in [5.74, 6) is -2.50. The van der Waals surface area contributed by atoms with Crippen LogP contribution in [0, 0.1) is 0 Å². The molecule has 2 aromatic rings. The molecule has 11 heteroatoms. The van der Waals surface area contributed by atoms with Gasteiger partial charge in [-0.25, -0.2) is 19.4 Å². The van der Waals surface area contributed by atoms with Crippen LogP contribution in [-0.2, 0) is 34.0 Å². The van der Waals surface area contributed by atoms with Gasteiger partial charge in [-0.1, -0.05) is 24.3 Å². The lowest BCUT2D eigenvalue weighted by atomic mass is 9.69. The summed E-state index contributed by atoms with van der Waals surface area (Å²) in [6.45, 7) is 0. The zero-order valence-corrected chi connectivity index (χ0v) is 20.8. The number of hydrogen-bond donors (Lipinski definition) is 0. The summed E-state index contributed by atoms with van der Waals surface area (Å²) in [7, 11) is 5.44. The fourth-order valence-electron chi connectivity index (χ4n) is 5.63. The van der Waals surface area contributed by atoms with Crippen molar-refractivity contribution in [2.75, 3.05) is 33.3 Å². The SMILES string of the molecule is COC(=O)C1=C(C(=O)OC)C2N(C)c3ccccc3[C@@]23CC(C(=O)OC)N(C(=O)c2cccs2)C3=N1. The van der Waals surface area contributed by atoms with Crippen molar-refractivity contribution in [1.82, 2.24) is 4.90 Å². The van der Waals surface area contributed by atoms with Crippen molar-refractivity contribution >= 4 is 46.7 Å². The number of carbonyl (C=O) groups excluding carboxylic acids is 4. The number of methoxy groups -OCH3 is 3. The Bertz CT molecular complexity index is 1350. The van der Waals surface area contributed by atoms with E-state index in [4.69, 9.17) is 14.2 Å². The number of amides is 1. The second-order valence-electron chi connectivity index (χ2n) is 8.58. The van der Waals surface area contributed by atoms with Gasteiger partial charge in [-0.3, -0.25) is 9.69 Å². The molecule has 4 heterocycles. The predicted octanol–water partition coefficient (Wildman–Crippen LogP) is 1.90. The molecule has 0 radical (unpaired) electrons. The molecular weight excluding hydrogens is 486 g/mol. The summed E-state index contributed by atoms with van der Waals surface area (Å²) in [5, 5.41) is 1.76. The Morgan fingerprint density at radius 1 is 1.00 bits per heavy atom. The molecule has 10 nitrogen and oxygen atoms in total. The molecule has 3 aliphatic heterocycles. The Balaban J connectivity index is 1.85. The van der Waals surface area contributed by atoms with Crippen molar-refractivity contribution in [1.29, 1.82) is 0 Å². The van der Waals surface area contributed by atoms with Gasteiger partial charge in [0.15, 0.2) is 5.70 Å².